The molecule has 1 heterocycles. The summed E-state index contributed by atoms with van der Waals surface area (Å²) in [4.78, 5) is 0. The molecule has 0 saturated heterocycles. The lowest BCUT2D eigenvalue weighted by Crippen LogP contribution is -2.03. The predicted molar refractivity (Wildman–Crippen MR) is 40.4 cm³/mol. The summed E-state index contributed by atoms with van der Waals surface area (Å²) in [5.74, 6) is 0. The molecule has 0 aliphatic carbocycles. The number of rotatable bonds is 1. The maximum atomic E-state index is 4.93. The van der Waals surface area contributed by atoms with Crippen LogP contribution in [0.5, 0.6) is 0 Å². The van der Waals surface area contributed by atoms with Gasteiger partial charge in [0.2, 0.25) is 0 Å². The van der Waals surface area contributed by atoms with Gasteiger partial charge in [0.05, 0.1) is 6.26 Å². The summed E-state index contributed by atoms with van der Waals surface area (Å²) in [6.45, 7) is 0.768. The van der Waals surface area contributed by atoms with Gasteiger partial charge in [-0.25, -0.2) is 0 Å². The second-order valence-electron chi connectivity index (χ2n) is 2.32. The first-order chi connectivity index (χ1) is 4.97. The molecule has 0 unspecified atom stereocenters. The second-order valence-corrected chi connectivity index (χ2v) is 2.32. The lowest BCUT2D eigenvalue weighted by atomic mass is 10.1. The molecule has 1 aromatic rings. The van der Waals surface area contributed by atoms with Crippen molar-refractivity contribution in [1.29, 1.82) is 0 Å². The Hall–Kier alpha value is -1.24. The van der Waals surface area contributed by atoms with E-state index in [0.717, 1.165) is 6.61 Å². The summed E-state index contributed by atoms with van der Waals surface area (Å²) < 4.78 is 4.93. The fraction of sp³-hybridized carbons (Fsp3) is 0.111. The lowest BCUT2D eigenvalue weighted by molar-refractivity contribution is 0.256. The van der Waals surface area contributed by atoms with Gasteiger partial charge in [-0.15, -0.1) is 0 Å². The normalized spacial score (nSPS) is 15.0. The van der Waals surface area contributed by atoms with E-state index in [1.54, 1.807) is 6.26 Å². The van der Waals surface area contributed by atoms with Crippen molar-refractivity contribution >= 4 is 5.57 Å². The van der Waals surface area contributed by atoms with Crippen LogP contribution in [0.25, 0.3) is 5.57 Å². The van der Waals surface area contributed by atoms with Crippen molar-refractivity contribution in [2.45, 2.75) is 0 Å². The lowest BCUT2D eigenvalue weighted by Gasteiger charge is -2.15. The van der Waals surface area contributed by atoms with E-state index >= 15 is 0 Å². The van der Waals surface area contributed by atoms with E-state index < -0.39 is 0 Å². The molecule has 50 valence electrons. The highest BCUT2D eigenvalue weighted by Gasteiger charge is 2.07. The van der Waals surface area contributed by atoms with Gasteiger partial charge < -0.3 is 4.74 Å². The first-order valence-electron chi connectivity index (χ1n) is 3.33. The first-order valence-corrected chi connectivity index (χ1v) is 3.33. The minimum Gasteiger partial charge on any atom is -0.496 e. The SMILES string of the molecule is C1=C(c2ccccc2)CO1. The monoisotopic (exact) mass is 132 g/mol. The van der Waals surface area contributed by atoms with Gasteiger partial charge in [0.15, 0.2) is 0 Å². The van der Waals surface area contributed by atoms with Gasteiger partial charge in [-0.3, -0.25) is 0 Å². The molecule has 0 aromatic heterocycles. The quantitative estimate of drug-likeness (QED) is 0.568. The van der Waals surface area contributed by atoms with E-state index in [9.17, 15) is 0 Å². The minimum atomic E-state index is 0.768. The number of ether oxygens (including phenoxy) is 1. The Labute approximate surface area is 59.9 Å². The van der Waals surface area contributed by atoms with Crippen LogP contribution in [0.1, 0.15) is 5.56 Å². The van der Waals surface area contributed by atoms with Crippen molar-refractivity contribution in [3.63, 3.8) is 0 Å². The largest absolute Gasteiger partial charge is 0.496 e. The third kappa shape index (κ3) is 0.798. The van der Waals surface area contributed by atoms with Crippen LogP contribution in [-0.2, 0) is 4.74 Å². The fourth-order valence-electron chi connectivity index (χ4n) is 0.970. The van der Waals surface area contributed by atoms with Gasteiger partial charge in [0.1, 0.15) is 6.61 Å². The van der Waals surface area contributed by atoms with Crippen LogP contribution >= 0.6 is 0 Å². The molecule has 1 aliphatic rings. The van der Waals surface area contributed by atoms with Crippen molar-refractivity contribution in [3.8, 4) is 0 Å². The van der Waals surface area contributed by atoms with Crippen molar-refractivity contribution in [1.82, 2.24) is 0 Å². The van der Waals surface area contributed by atoms with Crippen LogP contribution in [-0.4, -0.2) is 6.61 Å². The highest BCUT2D eigenvalue weighted by molar-refractivity contribution is 5.68. The average molecular weight is 132 g/mol. The Morgan fingerprint density at radius 2 is 1.80 bits per heavy atom. The third-order valence-electron chi connectivity index (χ3n) is 1.61. The smallest absolute Gasteiger partial charge is 0.116 e. The van der Waals surface area contributed by atoms with E-state index in [-0.39, 0.29) is 0 Å². The summed E-state index contributed by atoms with van der Waals surface area (Å²) in [6, 6.07) is 10.3. The van der Waals surface area contributed by atoms with Gasteiger partial charge in [0, 0.05) is 5.57 Å². The van der Waals surface area contributed by atoms with E-state index in [1.165, 1.54) is 11.1 Å². The van der Waals surface area contributed by atoms with Crippen LogP contribution in [0.15, 0.2) is 36.6 Å². The summed E-state index contributed by atoms with van der Waals surface area (Å²) >= 11 is 0. The van der Waals surface area contributed by atoms with Crippen molar-refractivity contribution < 1.29 is 4.74 Å². The molecule has 0 amide bonds. The maximum Gasteiger partial charge on any atom is 0.116 e. The van der Waals surface area contributed by atoms with E-state index in [0.29, 0.717) is 0 Å². The third-order valence-corrected chi connectivity index (χ3v) is 1.61. The zero-order chi connectivity index (χ0) is 6.81. The number of hydrogen-bond donors (Lipinski definition) is 0. The zero-order valence-corrected chi connectivity index (χ0v) is 5.58. The maximum absolute atomic E-state index is 4.93. The fourth-order valence-corrected chi connectivity index (χ4v) is 0.970. The van der Waals surface area contributed by atoms with Crippen LogP contribution in [0.4, 0.5) is 0 Å². The van der Waals surface area contributed by atoms with Gasteiger partial charge in [-0.1, -0.05) is 30.3 Å². The van der Waals surface area contributed by atoms with Crippen LogP contribution in [0.3, 0.4) is 0 Å². The summed E-state index contributed by atoms with van der Waals surface area (Å²) in [5.41, 5.74) is 2.56. The van der Waals surface area contributed by atoms with Gasteiger partial charge in [-0.2, -0.15) is 0 Å². The number of benzene rings is 1. The minimum absolute atomic E-state index is 0.768. The Bertz CT molecular complexity index is 249. The van der Waals surface area contributed by atoms with Crippen molar-refractivity contribution in [2.24, 2.45) is 0 Å². The molecule has 1 aliphatic heterocycles. The molecule has 0 fully saturated rings. The summed E-state index contributed by atoms with van der Waals surface area (Å²) in [7, 11) is 0. The van der Waals surface area contributed by atoms with E-state index in [2.05, 4.69) is 12.1 Å². The highest BCUT2D eigenvalue weighted by Crippen LogP contribution is 2.20. The van der Waals surface area contributed by atoms with Gasteiger partial charge in [-0.05, 0) is 5.56 Å². The zero-order valence-electron chi connectivity index (χ0n) is 5.58. The van der Waals surface area contributed by atoms with E-state index in [1.807, 2.05) is 18.2 Å². The molecule has 0 spiro atoms. The Morgan fingerprint density at radius 3 is 2.30 bits per heavy atom. The molecule has 0 atom stereocenters. The predicted octanol–water partition coefficient (Wildman–Crippen LogP) is 2.06. The Balaban J connectivity index is 2.34. The van der Waals surface area contributed by atoms with E-state index in [4.69, 9.17) is 4.74 Å². The van der Waals surface area contributed by atoms with Crippen LogP contribution in [0, 0.1) is 0 Å². The molecular formula is C9H8O. The highest BCUT2D eigenvalue weighted by atomic mass is 16.5. The number of hydrogen-bond acceptors (Lipinski definition) is 1. The first kappa shape index (κ1) is 5.54. The van der Waals surface area contributed by atoms with Crippen LogP contribution < -0.4 is 0 Å². The molecule has 0 saturated carbocycles. The topological polar surface area (TPSA) is 9.23 Å². The Kier molecular flexibility index (Phi) is 1.21. The molecule has 10 heavy (non-hydrogen) atoms. The van der Waals surface area contributed by atoms with Crippen molar-refractivity contribution in [3.05, 3.63) is 42.2 Å². The molecule has 1 heteroatoms. The van der Waals surface area contributed by atoms with Gasteiger partial charge >= 0.3 is 0 Å². The van der Waals surface area contributed by atoms with Gasteiger partial charge in [0.25, 0.3) is 0 Å². The second kappa shape index (κ2) is 2.18. The molecule has 0 bridgehead atoms. The molecular weight excluding hydrogens is 124 g/mol. The average Bonchev–Trinajstić information content (AvgIpc) is 1.86. The molecule has 0 radical (unpaired) electrons. The molecule has 0 N–H and O–H groups in total. The standard InChI is InChI=1S/C9H8O/c1-2-4-8(5-3-1)9-6-10-7-9/h1-6H,7H2. The molecule has 2 rings (SSSR count). The Morgan fingerprint density at radius 1 is 1.10 bits per heavy atom. The summed E-state index contributed by atoms with van der Waals surface area (Å²) in [5, 5.41) is 0. The molecule has 1 nitrogen and oxygen atoms in total. The summed E-state index contributed by atoms with van der Waals surface area (Å²) in [6.07, 6.45) is 1.80. The van der Waals surface area contributed by atoms with Crippen LogP contribution in [0.2, 0.25) is 0 Å². The molecule has 1 aromatic carbocycles. The van der Waals surface area contributed by atoms with Crippen molar-refractivity contribution in [2.75, 3.05) is 6.61 Å².